The Morgan fingerprint density at radius 1 is 1.46 bits per heavy atom. The number of nitrogens with zero attached hydrogens (tertiary/aromatic N) is 2. The molecule has 0 radical (unpaired) electrons. The highest BCUT2D eigenvalue weighted by Gasteiger charge is 2.17. The van der Waals surface area contributed by atoms with Crippen molar-refractivity contribution in [3.63, 3.8) is 0 Å². The lowest BCUT2D eigenvalue weighted by Gasteiger charge is -2.11. The zero-order chi connectivity index (χ0) is 9.26. The summed E-state index contributed by atoms with van der Waals surface area (Å²) in [5.41, 5.74) is 1.98. The van der Waals surface area contributed by atoms with Crippen LogP contribution in [0.5, 0.6) is 0 Å². The summed E-state index contributed by atoms with van der Waals surface area (Å²) < 4.78 is 0. The topological polar surface area (TPSA) is 32.7 Å². The summed E-state index contributed by atoms with van der Waals surface area (Å²) in [6.45, 7) is 1.99. The lowest BCUT2D eigenvalue weighted by Crippen LogP contribution is -2.19. The molecule has 0 aliphatic carbocycles. The molecule has 3 nitrogen and oxygen atoms in total. The highest BCUT2D eigenvalue weighted by molar-refractivity contribution is 6.05. The first-order chi connectivity index (χ1) is 6.27. The number of aryl methyl sites for hydroxylation is 1. The second-order valence-corrected chi connectivity index (χ2v) is 3.05. The number of benzene rings is 1. The summed E-state index contributed by atoms with van der Waals surface area (Å²) in [4.78, 5) is 11.3. The normalized spacial score (nSPS) is 15.5. The van der Waals surface area contributed by atoms with Gasteiger partial charge < -0.3 is 0 Å². The second-order valence-electron chi connectivity index (χ2n) is 3.05. The molecule has 66 valence electrons. The lowest BCUT2D eigenvalue weighted by atomic mass is 10.2. The van der Waals surface area contributed by atoms with E-state index in [0.717, 1.165) is 11.3 Å². The van der Waals surface area contributed by atoms with Crippen molar-refractivity contribution < 1.29 is 4.79 Å². The molecule has 1 aromatic rings. The van der Waals surface area contributed by atoms with E-state index in [1.54, 1.807) is 6.21 Å². The van der Waals surface area contributed by atoms with Crippen LogP contribution in [0, 0.1) is 6.92 Å². The fraction of sp³-hybridized carbons (Fsp3) is 0.200. The van der Waals surface area contributed by atoms with Gasteiger partial charge in [-0.2, -0.15) is 5.10 Å². The largest absolute Gasteiger partial charge is 0.272 e. The van der Waals surface area contributed by atoms with Gasteiger partial charge in [-0.25, -0.2) is 5.01 Å². The van der Waals surface area contributed by atoms with E-state index in [1.165, 1.54) is 5.01 Å². The molecular weight excluding hydrogens is 164 g/mol. The third-order valence-corrected chi connectivity index (χ3v) is 1.95. The van der Waals surface area contributed by atoms with Gasteiger partial charge in [-0.1, -0.05) is 12.1 Å². The number of hydrogen-bond donors (Lipinski definition) is 0. The summed E-state index contributed by atoms with van der Waals surface area (Å²) in [6.07, 6.45) is 2.04. The molecule has 13 heavy (non-hydrogen) atoms. The van der Waals surface area contributed by atoms with Crippen LogP contribution < -0.4 is 5.01 Å². The molecule has 0 spiro atoms. The van der Waals surface area contributed by atoms with Gasteiger partial charge in [-0.3, -0.25) is 4.79 Å². The van der Waals surface area contributed by atoms with Crippen LogP contribution in [0.1, 0.15) is 12.0 Å². The Bertz CT molecular complexity index is 371. The number of carbonyl (C=O) groups excluding carboxylic acids is 1. The maximum absolute atomic E-state index is 11.3. The highest BCUT2D eigenvalue weighted by Crippen LogP contribution is 2.19. The standard InChI is InChI=1S/C10H10N2O/c1-8-3-2-4-9(7-8)12-10(13)5-6-11-12/h2-4,6-7H,5H2,1H3. The van der Waals surface area contributed by atoms with E-state index in [4.69, 9.17) is 0 Å². The Balaban J connectivity index is 2.35. The van der Waals surface area contributed by atoms with Crippen molar-refractivity contribution in [3.8, 4) is 0 Å². The van der Waals surface area contributed by atoms with Crippen molar-refractivity contribution >= 4 is 17.8 Å². The Labute approximate surface area is 76.7 Å². The van der Waals surface area contributed by atoms with E-state index < -0.39 is 0 Å². The Kier molecular flexibility index (Phi) is 1.85. The first kappa shape index (κ1) is 7.98. The number of amides is 1. The molecule has 1 amide bonds. The molecule has 0 N–H and O–H groups in total. The number of anilines is 1. The number of rotatable bonds is 1. The summed E-state index contributed by atoms with van der Waals surface area (Å²) in [7, 11) is 0. The molecule has 0 aromatic heterocycles. The zero-order valence-corrected chi connectivity index (χ0v) is 7.40. The summed E-state index contributed by atoms with van der Waals surface area (Å²) in [5, 5.41) is 5.42. The van der Waals surface area contributed by atoms with Crippen LogP contribution in [0.25, 0.3) is 0 Å². The molecule has 0 unspecified atom stereocenters. The predicted molar refractivity (Wildman–Crippen MR) is 51.8 cm³/mol. The van der Waals surface area contributed by atoms with Crippen molar-refractivity contribution in [2.24, 2.45) is 5.10 Å². The first-order valence-corrected chi connectivity index (χ1v) is 4.19. The third-order valence-electron chi connectivity index (χ3n) is 1.95. The fourth-order valence-corrected chi connectivity index (χ4v) is 1.32. The monoisotopic (exact) mass is 174 g/mol. The van der Waals surface area contributed by atoms with Crippen LogP contribution in [-0.2, 0) is 4.79 Å². The van der Waals surface area contributed by atoms with Crippen LogP contribution in [0.15, 0.2) is 29.4 Å². The molecule has 0 bridgehead atoms. The van der Waals surface area contributed by atoms with E-state index in [2.05, 4.69) is 5.10 Å². The van der Waals surface area contributed by atoms with Crippen LogP contribution in [0.4, 0.5) is 5.69 Å². The predicted octanol–water partition coefficient (Wildman–Crippen LogP) is 1.72. The molecule has 2 rings (SSSR count). The minimum Gasteiger partial charge on any atom is -0.272 e. The van der Waals surface area contributed by atoms with Crippen LogP contribution >= 0.6 is 0 Å². The average molecular weight is 174 g/mol. The number of hydrazone groups is 1. The molecule has 0 fully saturated rings. The van der Waals surface area contributed by atoms with E-state index in [9.17, 15) is 4.79 Å². The smallest absolute Gasteiger partial charge is 0.252 e. The molecule has 1 aliphatic rings. The highest BCUT2D eigenvalue weighted by atomic mass is 16.2. The summed E-state index contributed by atoms with van der Waals surface area (Å²) >= 11 is 0. The number of carbonyl (C=O) groups is 1. The lowest BCUT2D eigenvalue weighted by molar-refractivity contribution is -0.116. The maximum atomic E-state index is 11.3. The zero-order valence-electron chi connectivity index (χ0n) is 7.40. The molecule has 0 atom stereocenters. The van der Waals surface area contributed by atoms with Crippen LogP contribution in [0.2, 0.25) is 0 Å². The van der Waals surface area contributed by atoms with Crippen molar-refractivity contribution in [1.29, 1.82) is 0 Å². The molecule has 0 saturated heterocycles. The average Bonchev–Trinajstić information content (AvgIpc) is 2.51. The van der Waals surface area contributed by atoms with Crippen molar-refractivity contribution in [1.82, 2.24) is 0 Å². The fourth-order valence-electron chi connectivity index (χ4n) is 1.32. The molecule has 3 heteroatoms. The summed E-state index contributed by atoms with van der Waals surface area (Å²) in [5.74, 6) is 0.0330. The van der Waals surface area contributed by atoms with Gasteiger partial charge in [-0.05, 0) is 24.6 Å². The molecule has 1 aliphatic heterocycles. The van der Waals surface area contributed by atoms with Crippen molar-refractivity contribution in [2.45, 2.75) is 13.3 Å². The molecule has 1 heterocycles. The Hall–Kier alpha value is -1.64. The minimum absolute atomic E-state index is 0.0330. The third kappa shape index (κ3) is 1.45. The molecule has 0 saturated carbocycles. The van der Waals surface area contributed by atoms with Crippen LogP contribution in [-0.4, -0.2) is 12.1 Å². The molecule has 1 aromatic carbocycles. The maximum Gasteiger partial charge on any atom is 0.252 e. The van der Waals surface area contributed by atoms with Crippen molar-refractivity contribution in [2.75, 3.05) is 5.01 Å². The van der Waals surface area contributed by atoms with Gasteiger partial charge in [0.05, 0.1) is 12.1 Å². The summed E-state index contributed by atoms with van der Waals surface area (Å²) in [6, 6.07) is 7.74. The van der Waals surface area contributed by atoms with E-state index in [1.807, 2.05) is 31.2 Å². The van der Waals surface area contributed by atoms with Gasteiger partial charge in [0.1, 0.15) is 0 Å². The van der Waals surface area contributed by atoms with Gasteiger partial charge in [0.2, 0.25) is 0 Å². The minimum atomic E-state index is 0.0330. The van der Waals surface area contributed by atoms with E-state index in [-0.39, 0.29) is 5.91 Å². The van der Waals surface area contributed by atoms with E-state index in [0.29, 0.717) is 6.42 Å². The van der Waals surface area contributed by atoms with Gasteiger partial charge in [0.25, 0.3) is 5.91 Å². The number of hydrogen-bond acceptors (Lipinski definition) is 2. The van der Waals surface area contributed by atoms with Gasteiger partial charge in [0.15, 0.2) is 0 Å². The second kappa shape index (κ2) is 3.01. The van der Waals surface area contributed by atoms with E-state index >= 15 is 0 Å². The first-order valence-electron chi connectivity index (χ1n) is 4.19. The van der Waals surface area contributed by atoms with Gasteiger partial charge in [-0.15, -0.1) is 0 Å². The Morgan fingerprint density at radius 3 is 2.92 bits per heavy atom. The quantitative estimate of drug-likeness (QED) is 0.638. The van der Waals surface area contributed by atoms with Crippen molar-refractivity contribution in [3.05, 3.63) is 29.8 Å². The van der Waals surface area contributed by atoms with Crippen LogP contribution in [0.3, 0.4) is 0 Å². The van der Waals surface area contributed by atoms with Gasteiger partial charge >= 0.3 is 0 Å². The molecular formula is C10H10N2O. The SMILES string of the molecule is Cc1cccc(N2N=CCC2=O)c1. The Morgan fingerprint density at radius 2 is 2.31 bits per heavy atom. The van der Waals surface area contributed by atoms with Gasteiger partial charge in [0, 0.05) is 6.21 Å².